The van der Waals surface area contributed by atoms with Crippen LogP contribution in [-0.2, 0) is 0 Å². The zero-order valence-corrected chi connectivity index (χ0v) is 15.9. The van der Waals surface area contributed by atoms with Crippen molar-refractivity contribution in [2.45, 2.75) is 13.8 Å². The van der Waals surface area contributed by atoms with Crippen LogP contribution in [0.3, 0.4) is 0 Å². The fourth-order valence-electron chi connectivity index (χ4n) is 2.50. The van der Waals surface area contributed by atoms with E-state index in [0.29, 0.717) is 5.56 Å². The van der Waals surface area contributed by atoms with Crippen molar-refractivity contribution in [3.05, 3.63) is 62.8 Å². The minimum atomic E-state index is -0.235. The molecule has 3 rings (SSSR count). The maximum Gasteiger partial charge on any atom is 0.191 e. The van der Waals surface area contributed by atoms with Crippen LogP contribution in [-0.4, -0.2) is 11.5 Å². The van der Waals surface area contributed by atoms with Crippen molar-refractivity contribution in [3.8, 4) is 11.3 Å². The van der Waals surface area contributed by atoms with Gasteiger partial charge in [-0.2, -0.15) is 0 Å². The van der Waals surface area contributed by atoms with Crippen LogP contribution < -0.4 is 4.90 Å². The predicted molar refractivity (Wildman–Crippen MR) is 104 cm³/mol. The molecule has 0 N–H and O–H groups in total. The van der Waals surface area contributed by atoms with E-state index in [2.05, 4.69) is 53.5 Å². The third kappa shape index (κ3) is 3.26. The summed E-state index contributed by atoms with van der Waals surface area (Å²) in [5, 5.41) is 0.893. The van der Waals surface area contributed by atoms with Crippen LogP contribution in [0.5, 0.6) is 0 Å². The molecule has 0 aliphatic carbocycles. The number of nitrogens with zero attached hydrogens (tertiary/aromatic N) is 2. The molecule has 0 spiro atoms. The van der Waals surface area contributed by atoms with Crippen molar-refractivity contribution in [2.24, 2.45) is 0 Å². The molecule has 2 aromatic carbocycles. The number of benzene rings is 2. The zero-order valence-electron chi connectivity index (χ0n) is 12.9. The molecule has 0 saturated heterocycles. The summed E-state index contributed by atoms with van der Waals surface area (Å²) >= 11 is 3.83. The second kappa shape index (κ2) is 6.97. The maximum absolute atomic E-state index is 14.1. The lowest BCUT2D eigenvalue weighted by atomic mass is 10.1. The van der Waals surface area contributed by atoms with Crippen molar-refractivity contribution in [1.29, 1.82) is 0 Å². The Morgan fingerprint density at radius 1 is 1.13 bits per heavy atom. The SMILES string of the molecule is CCN(c1nc(-c2ccccc2F)c(I)s1)c1ccccc1C. The van der Waals surface area contributed by atoms with Gasteiger partial charge in [0.1, 0.15) is 5.82 Å². The first kappa shape index (κ1) is 16.4. The Morgan fingerprint density at radius 2 is 1.83 bits per heavy atom. The molecule has 0 fully saturated rings. The predicted octanol–water partition coefficient (Wildman–Crippen LogP) is 6.02. The van der Waals surface area contributed by atoms with Crippen LogP contribution in [0.1, 0.15) is 12.5 Å². The zero-order chi connectivity index (χ0) is 16.4. The van der Waals surface area contributed by atoms with Crippen LogP contribution in [0.25, 0.3) is 11.3 Å². The standard InChI is InChI=1S/C18H16FIN2S/c1-3-22(15-11-7-4-8-12(15)2)18-21-16(17(20)23-18)13-9-5-6-10-14(13)19/h4-11H,3H2,1-2H3. The van der Waals surface area contributed by atoms with Crippen LogP contribution in [0.2, 0.25) is 0 Å². The first-order valence-electron chi connectivity index (χ1n) is 7.36. The Hall–Kier alpha value is -1.47. The van der Waals surface area contributed by atoms with Gasteiger partial charge >= 0.3 is 0 Å². The van der Waals surface area contributed by atoms with E-state index < -0.39 is 0 Å². The summed E-state index contributed by atoms with van der Waals surface area (Å²) in [4.78, 5) is 6.90. The third-order valence-electron chi connectivity index (χ3n) is 3.66. The van der Waals surface area contributed by atoms with Gasteiger partial charge in [-0.05, 0) is 60.2 Å². The Balaban J connectivity index is 2.06. The van der Waals surface area contributed by atoms with E-state index in [1.54, 1.807) is 23.5 Å². The van der Waals surface area contributed by atoms with E-state index in [0.717, 1.165) is 25.9 Å². The lowest BCUT2D eigenvalue weighted by Crippen LogP contribution is -2.16. The molecule has 23 heavy (non-hydrogen) atoms. The number of rotatable bonds is 4. The first-order valence-corrected chi connectivity index (χ1v) is 9.25. The quantitative estimate of drug-likeness (QED) is 0.463. The summed E-state index contributed by atoms with van der Waals surface area (Å²) in [6.45, 7) is 5.00. The van der Waals surface area contributed by atoms with E-state index in [1.807, 2.05) is 18.2 Å². The van der Waals surface area contributed by atoms with E-state index in [4.69, 9.17) is 4.98 Å². The van der Waals surface area contributed by atoms with Crippen molar-refractivity contribution < 1.29 is 4.39 Å². The highest BCUT2D eigenvalue weighted by Crippen LogP contribution is 2.38. The Bertz CT molecular complexity index is 831. The summed E-state index contributed by atoms with van der Waals surface area (Å²) in [5.74, 6) is -0.235. The summed E-state index contributed by atoms with van der Waals surface area (Å²) in [6.07, 6.45) is 0. The highest BCUT2D eigenvalue weighted by atomic mass is 127. The van der Waals surface area contributed by atoms with Gasteiger partial charge in [0, 0.05) is 17.8 Å². The smallest absolute Gasteiger partial charge is 0.191 e. The van der Waals surface area contributed by atoms with Crippen LogP contribution >= 0.6 is 33.9 Å². The van der Waals surface area contributed by atoms with Gasteiger partial charge in [0.05, 0.1) is 8.58 Å². The normalized spacial score (nSPS) is 10.8. The number of hydrogen-bond acceptors (Lipinski definition) is 3. The van der Waals surface area contributed by atoms with Gasteiger partial charge in [0.15, 0.2) is 5.13 Å². The molecule has 1 aromatic heterocycles. The number of halogens is 2. The summed E-state index contributed by atoms with van der Waals surface area (Å²) in [6, 6.07) is 15.0. The number of anilines is 2. The third-order valence-corrected chi connectivity index (χ3v) is 5.70. The Labute approximate surface area is 153 Å². The van der Waals surface area contributed by atoms with Gasteiger partial charge in [-0.1, -0.05) is 41.7 Å². The van der Waals surface area contributed by atoms with Gasteiger partial charge in [0.25, 0.3) is 0 Å². The number of aromatic nitrogens is 1. The summed E-state index contributed by atoms with van der Waals surface area (Å²) < 4.78 is 15.1. The van der Waals surface area contributed by atoms with E-state index in [9.17, 15) is 4.39 Å². The summed E-state index contributed by atoms with van der Waals surface area (Å²) in [7, 11) is 0. The molecular weight excluding hydrogens is 422 g/mol. The average molecular weight is 438 g/mol. The minimum Gasteiger partial charge on any atom is -0.318 e. The lowest BCUT2D eigenvalue weighted by Gasteiger charge is -2.21. The van der Waals surface area contributed by atoms with E-state index >= 15 is 0 Å². The van der Waals surface area contributed by atoms with Crippen molar-refractivity contribution in [2.75, 3.05) is 11.4 Å². The second-order valence-corrected chi connectivity index (χ2v) is 7.92. The van der Waals surface area contributed by atoms with E-state index in [1.165, 1.54) is 11.6 Å². The topological polar surface area (TPSA) is 16.1 Å². The molecule has 0 radical (unpaired) electrons. The first-order chi connectivity index (χ1) is 11.1. The summed E-state index contributed by atoms with van der Waals surface area (Å²) in [5.41, 5.74) is 3.61. The van der Waals surface area contributed by atoms with Crippen molar-refractivity contribution in [3.63, 3.8) is 0 Å². The number of hydrogen-bond donors (Lipinski definition) is 0. The highest BCUT2D eigenvalue weighted by molar-refractivity contribution is 14.1. The van der Waals surface area contributed by atoms with Crippen LogP contribution in [0.15, 0.2) is 48.5 Å². The average Bonchev–Trinajstić information content (AvgIpc) is 2.92. The molecule has 5 heteroatoms. The molecule has 118 valence electrons. The lowest BCUT2D eigenvalue weighted by molar-refractivity contribution is 0.631. The van der Waals surface area contributed by atoms with Crippen molar-refractivity contribution >= 4 is 44.7 Å². The highest BCUT2D eigenvalue weighted by Gasteiger charge is 2.19. The van der Waals surface area contributed by atoms with Gasteiger partial charge in [-0.25, -0.2) is 9.37 Å². The van der Waals surface area contributed by atoms with Gasteiger partial charge < -0.3 is 4.90 Å². The maximum atomic E-state index is 14.1. The van der Waals surface area contributed by atoms with E-state index in [-0.39, 0.29) is 5.82 Å². The van der Waals surface area contributed by atoms with Crippen LogP contribution in [0.4, 0.5) is 15.2 Å². The molecular formula is C18H16FIN2S. The fourth-order valence-corrected chi connectivity index (χ4v) is 4.39. The molecule has 1 heterocycles. The molecule has 0 atom stereocenters. The molecule has 0 aliphatic heterocycles. The molecule has 3 aromatic rings. The Morgan fingerprint density at radius 3 is 2.52 bits per heavy atom. The molecule has 0 aliphatic rings. The molecule has 0 unspecified atom stereocenters. The van der Waals surface area contributed by atoms with Crippen LogP contribution in [0, 0.1) is 15.6 Å². The molecule has 2 nitrogen and oxygen atoms in total. The molecule has 0 saturated carbocycles. The fraction of sp³-hybridized carbons (Fsp3) is 0.167. The number of thiazole rings is 1. The van der Waals surface area contributed by atoms with Gasteiger partial charge in [0.2, 0.25) is 0 Å². The number of aryl methyl sites for hydroxylation is 1. The van der Waals surface area contributed by atoms with Gasteiger partial charge in [-0.15, -0.1) is 0 Å². The Kier molecular flexibility index (Phi) is 4.96. The molecule has 0 bridgehead atoms. The van der Waals surface area contributed by atoms with Gasteiger partial charge in [-0.3, -0.25) is 0 Å². The minimum absolute atomic E-state index is 0.235. The number of para-hydroxylation sites is 1. The van der Waals surface area contributed by atoms with Crippen molar-refractivity contribution in [1.82, 2.24) is 4.98 Å². The molecule has 0 amide bonds. The monoisotopic (exact) mass is 438 g/mol. The largest absolute Gasteiger partial charge is 0.318 e. The second-order valence-electron chi connectivity index (χ2n) is 5.13.